The first-order chi connectivity index (χ1) is 9.11. The molecule has 0 atom stereocenters. The summed E-state index contributed by atoms with van der Waals surface area (Å²) >= 11 is 0. The minimum atomic E-state index is -1.52. The molecule has 1 N–H and O–H groups in total. The number of halogens is 1. The summed E-state index contributed by atoms with van der Waals surface area (Å²) < 4.78 is 24.8. The van der Waals surface area contributed by atoms with Crippen LogP contribution in [0.25, 0.3) is 0 Å². The van der Waals surface area contributed by atoms with E-state index in [4.69, 9.17) is 9.47 Å². The van der Waals surface area contributed by atoms with Crippen LogP contribution in [0.1, 0.15) is 38.8 Å². The lowest BCUT2D eigenvalue weighted by molar-refractivity contribution is -0.146. The molecule has 1 aliphatic rings. The molecule has 0 unspecified atom stereocenters. The fourth-order valence-electron chi connectivity index (χ4n) is 2.11. The quantitative estimate of drug-likeness (QED) is 0.920. The van der Waals surface area contributed by atoms with Gasteiger partial charge in [0, 0.05) is 0 Å². The molecule has 0 spiro atoms. The molecule has 0 saturated heterocycles. The van der Waals surface area contributed by atoms with E-state index >= 15 is 0 Å². The Kier molecular flexibility index (Phi) is 3.40. The second-order valence-corrected chi connectivity index (χ2v) is 6.21. The summed E-state index contributed by atoms with van der Waals surface area (Å²) in [6.45, 7) is 6.24. The Hall–Kier alpha value is -1.78. The predicted molar refractivity (Wildman–Crippen MR) is 71.8 cm³/mol. The average Bonchev–Trinajstić information content (AvgIpc) is 2.75. The molecule has 2 rings (SSSR count). The van der Waals surface area contributed by atoms with Crippen molar-refractivity contribution in [3.05, 3.63) is 23.3 Å². The van der Waals surface area contributed by atoms with Crippen LogP contribution in [0.4, 0.5) is 4.39 Å². The number of alkyl halides is 1. The molecule has 110 valence electrons. The Morgan fingerprint density at radius 1 is 1.30 bits per heavy atom. The lowest BCUT2D eigenvalue weighted by Gasteiger charge is -2.22. The van der Waals surface area contributed by atoms with E-state index < -0.39 is 17.1 Å². The van der Waals surface area contributed by atoms with Crippen molar-refractivity contribution in [1.82, 2.24) is 0 Å². The van der Waals surface area contributed by atoms with E-state index in [1.54, 1.807) is 26.0 Å². The molecule has 0 bridgehead atoms. The Labute approximate surface area is 117 Å². The van der Waals surface area contributed by atoms with Crippen LogP contribution >= 0.6 is 0 Å². The Bertz CT molecular complexity index is 544. The number of carboxylic acids is 1. The van der Waals surface area contributed by atoms with Crippen LogP contribution in [0.5, 0.6) is 11.5 Å². The highest BCUT2D eigenvalue weighted by molar-refractivity contribution is 5.74. The number of hydrogen-bond donors (Lipinski definition) is 1. The van der Waals surface area contributed by atoms with Crippen LogP contribution in [0, 0.1) is 5.41 Å². The number of aliphatic carboxylic acids is 1. The van der Waals surface area contributed by atoms with Crippen LogP contribution in [-0.4, -0.2) is 17.9 Å². The van der Waals surface area contributed by atoms with E-state index in [0.29, 0.717) is 22.6 Å². The van der Waals surface area contributed by atoms with Crippen LogP contribution in [0.2, 0.25) is 0 Å². The van der Waals surface area contributed by atoms with Gasteiger partial charge in [0.2, 0.25) is 6.79 Å². The van der Waals surface area contributed by atoms with E-state index in [2.05, 4.69) is 0 Å². The third-order valence-electron chi connectivity index (χ3n) is 3.45. The van der Waals surface area contributed by atoms with Crippen molar-refractivity contribution in [3.63, 3.8) is 0 Å². The number of carbonyl (C=O) groups is 1. The highest BCUT2D eigenvalue weighted by atomic mass is 19.1. The van der Waals surface area contributed by atoms with Gasteiger partial charge in [-0.25, -0.2) is 4.39 Å². The molecule has 0 amide bonds. The van der Waals surface area contributed by atoms with E-state index in [1.165, 1.54) is 13.8 Å². The van der Waals surface area contributed by atoms with Gasteiger partial charge >= 0.3 is 5.97 Å². The monoisotopic (exact) mass is 282 g/mol. The summed E-state index contributed by atoms with van der Waals surface area (Å²) in [5.74, 6) is 0.0896. The molecule has 1 aromatic carbocycles. The molecule has 1 aliphatic heterocycles. The van der Waals surface area contributed by atoms with E-state index in [9.17, 15) is 14.3 Å². The van der Waals surface area contributed by atoms with Gasteiger partial charge in [-0.2, -0.15) is 0 Å². The summed E-state index contributed by atoms with van der Waals surface area (Å²) in [6.07, 6.45) is 0.248. The normalized spacial score (nSPS) is 14.4. The zero-order valence-electron chi connectivity index (χ0n) is 12.1. The van der Waals surface area contributed by atoms with Crippen LogP contribution in [0.15, 0.2) is 12.1 Å². The van der Waals surface area contributed by atoms with Gasteiger partial charge in [0.1, 0.15) is 5.67 Å². The maximum Gasteiger partial charge on any atom is 0.309 e. The van der Waals surface area contributed by atoms with E-state index in [0.717, 1.165) is 0 Å². The molecule has 1 heterocycles. The fraction of sp³-hybridized carbons (Fsp3) is 0.533. The predicted octanol–water partition coefficient (Wildman–Crippen LogP) is 3.27. The van der Waals surface area contributed by atoms with Crippen LogP contribution in [0.3, 0.4) is 0 Å². The lowest BCUT2D eigenvalue weighted by atomic mass is 9.84. The van der Waals surface area contributed by atoms with Crippen molar-refractivity contribution in [1.29, 1.82) is 0 Å². The van der Waals surface area contributed by atoms with E-state index in [1.807, 2.05) is 0 Å². The first-order valence-corrected chi connectivity index (χ1v) is 6.46. The SMILES string of the molecule is CC(C)(Cc1cc(C(C)(C)F)cc2c1OCO2)C(=O)O. The molecule has 0 saturated carbocycles. The van der Waals surface area contributed by atoms with Crippen molar-refractivity contribution >= 4 is 5.97 Å². The topological polar surface area (TPSA) is 55.8 Å². The highest BCUT2D eigenvalue weighted by Crippen LogP contribution is 2.42. The van der Waals surface area contributed by atoms with Crippen molar-refractivity contribution < 1.29 is 23.8 Å². The molecule has 0 aliphatic carbocycles. The van der Waals surface area contributed by atoms with Crippen LogP contribution < -0.4 is 9.47 Å². The van der Waals surface area contributed by atoms with Crippen molar-refractivity contribution in [2.75, 3.05) is 6.79 Å². The third-order valence-corrected chi connectivity index (χ3v) is 3.45. The number of fused-ring (bicyclic) bond motifs is 1. The largest absolute Gasteiger partial charge is 0.481 e. The second kappa shape index (κ2) is 4.65. The summed E-state index contributed by atoms with van der Waals surface area (Å²) in [7, 11) is 0. The minimum Gasteiger partial charge on any atom is -0.481 e. The van der Waals surface area contributed by atoms with Crippen molar-refractivity contribution in [2.24, 2.45) is 5.41 Å². The van der Waals surface area contributed by atoms with Gasteiger partial charge in [-0.05, 0) is 57.4 Å². The third kappa shape index (κ3) is 2.71. The molecule has 0 radical (unpaired) electrons. The Morgan fingerprint density at radius 2 is 1.95 bits per heavy atom. The van der Waals surface area contributed by atoms with E-state index in [-0.39, 0.29) is 13.2 Å². The number of hydrogen-bond acceptors (Lipinski definition) is 3. The maximum absolute atomic E-state index is 14.1. The Morgan fingerprint density at radius 3 is 2.50 bits per heavy atom. The molecule has 0 aromatic heterocycles. The number of ether oxygens (including phenoxy) is 2. The van der Waals surface area contributed by atoms with Gasteiger partial charge in [0.25, 0.3) is 0 Å². The Balaban J connectivity index is 2.47. The molecule has 5 heteroatoms. The second-order valence-electron chi connectivity index (χ2n) is 6.21. The summed E-state index contributed by atoms with van der Waals surface area (Å²) in [4.78, 5) is 11.3. The van der Waals surface area contributed by atoms with Gasteiger partial charge in [0.15, 0.2) is 11.5 Å². The van der Waals surface area contributed by atoms with Crippen molar-refractivity contribution in [3.8, 4) is 11.5 Å². The first kappa shape index (κ1) is 14.6. The summed E-state index contributed by atoms with van der Waals surface area (Å²) in [6, 6.07) is 3.28. The summed E-state index contributed by atoms with van der Waals surface area (Å²) in [5, 5.41) is 9.23. The fourth-order valence-corrected chi connectivity index (χ4v) is 2.11. The van der Waals surface area contributed by atoms with Gasteiger partial charge in [-0.15, -0.1) is 0 Å². The molecule has 20 heavy (non-hydrogen) atoms. The smallest absolute Gasteiger partial charge is 0.309 e. The van der Waals surface area contributed by atoms with Gasteiger partial charge in [-0.1, -0.05) is 0 Å². The van der Waals surface area contributed by atoms with Gasteiger partial charge in [0.05, 0.1) is 5.41 Å². The molecular formula is C15H19FO4. The summed E-state index contributed by atoms with van der Waals surface area (Å²) in [5.41, 5.74) is -1.37. The molecule has 1 aromatic rings. The highest BCUT2D eigenvalue weighted by Gasteiger charge is 2.32. The zero-order chi connectivity index (χ0) is 15.1. The lowest BCUT2D eigenvalue weighted by Crippen LogP contribution is -2.26. The van der Waals surface area contributed by atoms with Crippen LogP contribution in [-0.2, 0) is 16.9 Å². The van der Waals surface area contributed by atoms with Gasteiger partial charge in [-0.3, -0.25) is 4.79 Å². The first-order valence-electron chi connectivity index (χ1n) is 6.46. The minimum absolute atomic E-state index is 0.0754. The number of rotatable bonds is 4. The van der Waals surface area contributed by atoms with Gasteiger partial charge < -0.3 is 14.6 Å². The zero-order valence-corrected chi connectivity index (χ0v) is 12.1. The average molecular weight is 282 g/mol. The molecule has 0 fully saturated rings. The maximum atomic E-state index is 14.1. The number of carboxylic acid groups (broad SMARTS) is 1. The molecular weight excluding hydrogens is 263 g/mol. The molecule has 4 nitrogen and oxygen atoms in total. The standard InChI is InChI=1S/C15H19FO4/c1-14(2,13(17)18)7-9-5-10(15(3,4)16)6-11-12(9)20-8-19-11/h5-6H,7-8H2,1-4H3,(H,17,18). The van der Waals surface area contributed by atoms with Crippen molar-refractivity contribution in [2.45, 2.75) is 39.8 Å². The number of benzene rings is 1.